The van der Waals surface area contributed by atoms with E-state index in [1.165, 1.54) is 12.4 Å². The molecular formula is C3H5N2O4P. The molecule has 0 amide bonds. The summed E-state index contributed by atoms with van der Waals surface area (Å²) in [6.07, 6.45) is 3.76. The van der Waals surface area contributed by atoms with Crippen molar-refractivity contribution in [1.82, 2.24) is 9.71 Å². The van der Waals surface area contributed by atoms with Crippen molar-refractivity contribution in [3.05, 3.63) is 18.7 Å². The summed E-state index contributed by atoms with van der Waals surface area (Å²) in [6, 6.07) is 0. The lowest BCUT2D eigenvalue weighted by atomic mass is 11.0. The van der Waals surface area contributed by atoms with Crippen LogP contribution in [0.1, 0.15) is 0 Å². The van der Waals surface area contributed by atoms with E-state index in [2.05, 4.69) is 9.61 Å². The first-order valence-corrected chi connectivity index (χ1v) is 3.84. The molecule has 0 saturated carbocycles. The fourth-order valence-electron chi connectivity index (χ4n) is 0.418. The molecule has 0 fully saturated rings. The molecular weight excluding hydrogens is 159 g/mol. The third kappa shape index (κ3) is 2.18. The molecule has 1 heterocycles. The predicted molar refractivity (Wildman–Crippen MR) is 30.9 cm³/mol. The Balaban J connectivity index is 2.66. The van der Waals surface area contributed by atoms with Crippen LogP contribution in [0.5, 0.6) is 0 Å². The lowest BCUT2D eigenvalue weighted by Gasteiger charge is -2.03. The molecule has 0 atom stereocenters. The van der Waals surface area contributed by atoms with Gasteiger partial charge in [0.2, 0.25) is 0 Å². The smallest absolute Gasteiger partial charge is 0.310 e. The molecule has 0 unspecified atom stereocenters. The Morgan fingerprint density at radius 3 is 2.70 bits per heavy atom. The highest BCUT2D eigenvalue weighted by Gasteiger charge is 2.15. The van der Waals surface area contributed by atoms with E-state index < -0.39 is 7.82 Å². The summed E-state index contributed by atoms with van der Waals surface area (Å²) in [5.74, 6) is 0. The molecule has 0 radical (unpaired) electrons. The highest BCUT2D eigenvalue weighted by atomic mass is 31.2. The number of hydrogen-bond donors (Lipinski definition) is 2. The van der Waals surface area contributed by atoms with Crippen molar-refractivity contribution in [2.24, 2.45) is 0 Å². The van der Waals surface area contributed by atoms with Gasteiger partial charge in [-0.1, -0.05) is 0 Å². The quantitative estimate of drug-likeness (QED) is 0.570. The highest BCUT2D eigenvalue weighted by molar-refractivity contribution is 7.46. The number of phosphoric acid groups is 1. The molecule has 56 valence electrons. The van der Waals surface area contributed by atoms with Gasteiger partial charge in [-0.2, -0.15) is 4.73 Å². The zero-order chi connectivity index (χ0) is 7.61. The van der Waals surface area contributed by atoms with Gasteiger partial charge in [-0.3, -0.25) is 9.79 Å². The standard InChI is InChI=1S/C3H5N2O4P/c6-10(7,8)9-5-2-1-4-3-5/h1-3H,(H2,6,7,8). The first-order chi connectivity index (χ1) is 4.58. The van der Waals surface area contributed by atoms with Gasteiger partial charge in [-0.05, 0) is 0 Å². The fourth-order valence-corrected chi connectivity index (χ4v) is 0.760. The molecule has 1 aromatic rings. The molecule has 0 aliphatic heterocycles. The second-order valence-electron chi connectivity index (χ2n) is 1.49. The normalized spacial score (nSPS) is 11.4. The maximum Gasteiger partial charge on any atom is 0.543 e. The van der Waals surface area contributed by atoms with E-state index in [0.29, 0.717) is 0 Å². The summed E-state index contributed by atoms with van der Waals surface area (Å²) in [7, 11) is -4.43. The Morgan fingerprint density at radius 2 is 2.30 bits per heavy atom. The third-order valence-corrected chi connectivity index (χ3v) is 1.08. The minimum Gasteiger partial charge on any atom is -0.310 e. The molecule has 0 saturated heterocycles. The third-order valence-electron chi connectivity index (χ3n) is 0.681. The van der Waals surface area contributed by atoms with E-state index in [-0.39, 0.29) is 0 Å². The maximum atomic E-state index is 10.1. The van der Waals surface area contributed by atoms with E-state index in [4.69, 9.17) is 9.79 Å². The molecule has 1 aromatic heterocycles. The summed E-state index contributed by atoms with van der Waals surface area (Å²) in [5.41, 5.74) is 0. The van der Waals surface area contributed by atoms with Crippen LogP contribution in [-0.4, -0.2) is 19.5 Å². The second kappa shape index (κ2) is 2.42. The molecule has 1 rings (SSSR count). The molecule has 0 spiro atoms. The maximum absolute atomic E-state index is 10.1. The summed E-state index contributed by atoms with van der Waals surface area (Å²) in [6.45, 7) is 0. The molecule has 2 N–H and O–H groups in total. The van der Waals surface area contributed by atoms with Crippen LogP contribution in [0.25, 0.3) is 0 Å². The van der Waals surface area contributed by atoms with Crippen LogP contribution in [-0.2, 0) is 4.57 Å². The molecule has 0 aliphatic carbocycles. The Hall–Kier alpha value is -0.840. The lowest BCUT2D eigenvalue weighted by Crippen LogP contribution is -2.04. The molecule has 10 heavy (non-hydrogen) atoms. The number of rotatable bonds is 2. The van der Waals surface area contributed by atoms with Gasteiger partial charge in [0.15, 0.2) is 0 Å². The lowest BCUT2D eigenvalue weighted by molar-refractivity contribution is 0.177. The Bertz CT molecular complexity index is 239. The molecule has 6 nitrogen and oxygen atoms in total. The number of hydrogen-bond acceptors (Lipinski definition) is 3. The van der Waals surface area contributed by atoms with Crippen molar-refractivity contribution in [2.75, 3.05) is 0 Å². The van der Waals surface area contributed by atoms with E-state index in [0.717, 1.165) is 11.1 Å². The average molecular weight is 164 g/mol. The molecule has 0 bridgehead atoms. The Labute approximate surface area is 56.3 Å². The van der Waals surface area contributed by atoms with Crippen LogP contribution in [0.2, 0.25) is 0 Å². The topological polar surface area (TPSA) is 84.6 Å². The van der Waals surface area contributed by atoms with Crippen molar-refractivity contribution in [3.63, 3.8) is 0 Å². The minimum absolute atomic E-state index is 0.834. The zero-order valence-corrected chi connectivity index (χ0v) is 5.68. The van der Waals surface area contributed by atoms with E-state index in [1.807, 2.05) is 0 Å². The summed E-state index contributed by atoms with van der Waals surface area (Å²) >= 11 is 0. The van der Waals surface area contributed by atoms with Crippen LogP contribution < -0.4 is 4.62 Å². The van der Waals surface area contributed by atoms with Crippen molar-refractivity contribution in [1.29, 1.82) is 0 Å². The van der Waals surface area contributed by atoms with Crippen molar-refractivity contribution in [2.45, 2.75) is 0 Å². The van der Waals surface area contributed by atoms with Crippen molar-refractivity contribution >= 4 is 7.82 Å². The fraction of sp³-hybridized carbons (Fsp3) is 0. The SMILES string of the molecule is O=P(O)(O)On1ccnc1. The van der Waals surface area contributed by atoms with Gasteiger partial charge < -0.3 is 4.62 Å². The van der Waals surface area contributed by atoms with Gasteiger partial charge in [0.05, 0.1) is 6.20 Å². The van der Waals surface area contributed by atoms with Crippen LogP contribution >= 0.6 is 7.82 Å². The average Bonchev–Trinajstić information content (AvgIpc) is 2.12. The Morgan fingerprint density at radius 1 is 1.60 bits per heavy atom. The van der Waals surface area contributed by atoms with Crippen molar-refractivity contribution in [3.8, 4) is 0 Å². The first-order valence-electron chi connectivity index (χ1n) is 2.31. The van der Waals surface area contributed by atoms with Gasteiger partial charge >= 0.3 is 7.82 Å². The van der Waals surface area contributed by atoms with Gasteiger partial charge in [-0.25, -0.2) is 9.55 Å². The number of nitrogens with zero attached hydrogens (tertiary/aromatic N) is 2. The largest absolute Gasteiger partial charge is 0.543 e. The number of aromatic nitrogens is 2. The molecule has 7 heteroatoms. The van der Waals surface area contributed by atoms with Gasteiger partial charge in [0.1, 0.15) is 6.33 Å². The van der Waals surface area contributed by atoms with Crippen LogP contribution in [0.3, 0.4) is 0 Å². The minimum atomic E-state index is -4.43. The molecule has 0 aromatic carbocycles. The predicted octanol–water partition coefficient (Wildman–Crippen LogP) is -0.596. The van der Waals surface area contributed by atoms with Crippen molar-refractivity contribution < 1.29 is 19.0 Å². The van der Waals surface area contributed by atoms with Gasteiger partial charge in [0, 0.05) is 6.20 Å². The summed E-state index contributed by atoms with van der Waals surface area (Å²) < 4.78 is 15.0. The summed E-state index contributed by atoms with van der Waals surface area (Å²) in [5, 5.41) is 0. The van der Waals surface area contributed by atoms with Gasteiger partial charge in [0.25, 0.3) is 0 Å². The van der Waals surface area contributed by atoms with Crippen LogP contribution in [0.4, 0.5) is 0 Å². The van der Waals surface area contributed by atoms with E-state index in [1.54, 1.807) is 0 Å². The summed E-state index contributed by atoms with van der Waals surface area (Å²) in [4.78, 5) is 20.0. The zero-order valence-electron chi connectivity index (χ0n) is 4.78. The monoisotopic (exact) mass is 164 g/mol. The Kier molecular flexibility index (Phi) is 1.76. The highest BCUT2D eigenvalue weighted by Crippen LogP contribution is 2.30. The van der Waals surface area contributed by atoms with Crippen LogP contribution in [0, 0.1) is 0 Å². The van der Waals surface area contributed by atoms with E-state index in [9.17, 15) is 4.57 Å². The number of imidazole rings is 1. The van der Waals surface area contributed by atoms with Crippen LogP contribution in [0.15, 0.2) is 18.7 Å². The second-order valence-corrected chi connectivity index (χ2v) is 2.64. The first kappa shape index (κ1) is 7.27. The molecule has 0 aliphatic rings. The van der Waals surface area contributed by atoms with Gasteiger partial charge in [-0.15, -0.1) is 0 Å². The van der Waals surface area contributed by atoms with E-state index >= 15 is 0 Å².